The number of aliphatic hydroxyl groups is 4. The van der Waals surface area contributed by atoms with Crippen LogP contribution in [0.25, 0.3) is 0 Å². The SMILES string of the molecule is CC/C=C\C/C=C\C/C=C\C/C=C\C/C=C\C/C=C\CCCCCCC(=O)OC(COCCCCCCCC/C=C\C/C=C\CCC)COC1OC(CO)C(O)C(O)C1O. The molecule has 0 saturated carbocycles. The summed E-state index contributed by atoms with van der Waals surface area (Å²) in [6.45, 7) is 4.30. The molecule has 1 aliphatic rings. The molecule has 4 N–H and O–H groups in total. The number of aliphatic hydroxyl groups excluding tert-OH is 4. The van der Waals surface area contributed by atoms with Crippen LogP contribution in [0.3, 0.4) is 0 Å². The van der Waals surface area contributed by atoms with Crippen LogP contribution in [0.1, 0.15) is 155 Å². The van der Waals surface area contributed by atoms with Crippen LogP contribution in [0.4, 0.5) is 0 Å². The molecule has 9 heteroatoms. The van der Waals surface area contributed by atoms with Crippen LogP contribution in [-0.4, -0.2) is 89.6 Å². The van der Waals surface area contributed by atoms with E-state index in [0.717, 1.165) is 109 Å². The summed E-state index contributed by atoms with van der Waals surface area (Å²) in [4.78, 5) is 12.8. The normalized spacial score (nSPS) is 20.9. The van der Waals surface area contributed by atoms with Crippen LogP contribution in [0.15, 0.2) is 97.2 Å². The van der Waals surface area contributed by atoms with Gasteiger partial charge >= 0.3 is 5.97 Å². The van der Waals surface area contributed by atoms with Crippen LogP contribution < -0.4 is 0 Å². The van der Waals surface area contributed by atoms with Crippen molar-refractivity contribution < 1.29 is 44.2 Å². The van der Waals surface area contributed by atoms with Gasteiger partial charge in [0.15, 0.2) is 6.29 Å². The molecule has 60 heavy (non-hydrogen) atoms. The number of hydrogen-bond donors (Lipinski definition) is 4. The Kier molecular flexibility index (Phi) is 38.1. The summed E-state index contributed by atoms with van der Waals surface area (Å²) in [7, 11) is 0. The summed E-state index contributed by atoms with van der Waals surface area (Å²) >= 11 is 0. The van der Waals surface area contributed by atoms with E-state index in [0.29, 0.717) is 6.61 Å². The van der Waals surface area contributed by atoms with Gasteiger partial charge in [0.2, 0.25) is 0 Å². The van der Waals surface area contributed by atoms with Crippen molar-refractivity contribution in [1.29, 1.82) is 0 Å². The van der Waals surface area contributed by atoms with Crippen LogP contribution in [0, 0.1) is 0 Å². The number of unbranched alkanes of at least 4 members (excludes halogenated alkanes) is 11. The molecule has 1 aliphatic heterocycles. The molecule has 342 valence electrons. The summed E-state index contributed by atoms with van der Waals surface area (Å²) in [5.74, 6) is -0.347. The Morgan fingerprint density at radius 3 is 1.53 bits per heavy atom. The van der Waals surface area contributed by atoms with Crippen molar-refractivity contribution in [2.45, 2.75) is 192 Å². The zero-order valence-electron chi connectivity index (χ0n) is 37.4. The molecular weight excluding hydrogens is 757 g/mol. The maximum absolute atomic E-state index is 12.8. The summed E-state index contributed by atoms with van der Waals surface area (Å²) in [6.07, 6.45) is 50.0. The summed E-state index contributed by atoms with van der Waals surface area (Å²) in [5, 5.41) is 40.1. The summed E-state index contributed by atoms with van der Waals surface area (Å²) < 4.78 is 22.8. The van der Waals surface area contributed by atoms with Crippen molar-refractivity contribution in [2.75, 3.05) is 26.4 Å². The Hall–Kier alpha value is -2.89. The highest BCUT2D eigenvalue weighted by Crippen LogP contribution is 2.22. The Balaban J connectivity index is 2.29. The lowest BCUT2D eigenvalue weighted by Gasteiger charge is -2.39. The van der Waals surface area contributed by atoms with E-state index in [4.69, 9.17) is 18.9 Å². The van der Waals surface area contributed by atoms with Crippen molar-refractivity contribution in [2.24, 2.45) is 0 Å². The first-order chi connectivity index (χ1) is 29.4. The maximum atomic E-state index is 12.8. The number of ether oxygens (including phenoxy) is 4. The standard InChI is InChI=1S/C51H84O9/c1-3-5-7-9-11-13-15-17-19-20-21-22-23-24-25-26-27-28-30-32-34-36-38-40-47(53)59-45(44-58-51-50(56)49(55)48(54)46(42-52)60-51)43-57-41-39-37-35-33-31-29-18-16-14-12-10-8-6-4-2/h5,7-8,10-11,13-14,16-17,19,21-22,24-25,27-28,45-46,48-52,54-56H,3-4,6,9,12,15,18,20,23,26,29-44H2,1-2H3/b7-5-,10-8-,13-11-,16-14-,19-17-,22-21-,25-24-,28-27-. The van der Waals surface area contributed by atoms with Gasteiger partial charge in [0.1, 0.15) is 30.5 Å². The number of rotatable bonds is 38. The predicted molar refractivity (Wildman–Crippen MR) is 246 cm³/mol. The van der Waals surface area contributed by atoms with E-state index in [1.165, 1.54) is 25.7 Å². The van der Waals surface area contributed by atoms with E-state index in [1.54, 1.807) is 0 Å². The topological polar surface area (TPSA) is 135 Å². The van der Waals surface area contributed by atoms with Crippen LogP contribution in [0.5, 0.6) is 0 Å². The molecule has 0 aromatic heterocycles. The molecule has 6 atom stereocenters. The fourth-order valence-electron chi connectivity index (χ4n) is 6.35. The molecule has 9 nitrogen and oxygen atoms in total. The smallest absolute Gasteiger partial charge is 0.306 e. The second-order valence-corrected chi connectivity index (χ2v) is 15.5. The highest BCUT2D eigenvalue weighted by Gasteiger charge is 2.44. The Morgan fingerprint density at radius 2 is 1.02 bits per heavy atom. The average Bonchev–Trinajstić information content (AvgIpc) is 3.25. The number of carbonyl (C=O) groups excluding carboxylic acids is 1. The highest BCUT2D eigenvalue weighted by molar-refractivity contribution is 5.69. The van der Waals surface area contributed by atoms with E-state index in [-0.39, 0.29) is 25.6 Å². The third-order valence-electron chi connectivity index (χ3n) is 9.97. The van der Waals surface area contributed by atoms with E-state index in [2.05, 4.69) is 111 Å². The van der Waals surface area contributed by atoms with Gasteiger partial charge in [0, 0.05) is 13.0 Å². The molecule has 0 aromatic rings. The second kappa shape index (κ2) is 41.5. The Labute approximate surface area is 364 Å². The van der Waals surface area contributed by atoms with Crippen molar-refractivity contribution in [3.05, 3.63) is 97.2 Å². The molecular formula is C51H84O9. The quantitative estimate of drug-likeness (QED) is 0.0272. The van der Waals surface area contributed by atoms with Crippen molar-refractivity contribution in [3.8, 4) is 0 Å². The monoisotopic (exact) mass is 841 g/mol. The second-order valence-electron chi connectivity index (χ2n) is 15.5. The van der Waals surface area contributed by atoms with Gasteiger partial charge in [-0.1, -0.05) is 156 Å². The minimum absolute atomic E-state index is 0.120. The van der Waals surface area contributed by atoms with Gasteiger partial charge in [-0.25, -0.2) is 0 Å². The van der Waals surface area contributed by atoms with Gasteiger partial charge in [-0.15, -0.1) is 0 Å². The van der Waals surface area contributed by atoms with E-state index < -0.39 is 43.4 Å². The average molecular weight is 841 g/mol. The van der Waals surface area contributed by atoms with Crippen LogP contribution in [-0.2, 0) is 23.7 Å². The number of hydrogen-bond acceptors (Lipinski definition) is 9. The lowest BCUT2D eigenvalue weighted by molar-refractivity contribution is -0.305. The zero-order valence-corrected chi connectivity index (χ0v) is 37.4. The first kappa shape index (κ1) is 55.1. The molecule has 0 amide bonds. The summed E-state index contributed by atoms with van der Waals surface area (Å²) in [5.41, 5.74) is 0. The third kappa shape index (κ3) is 31.9. The molecule has 1 rings (SSSR count). The van der Waals surface area contributed by atoms with Gasteiger partial charge in [-0.05, 0) is 89.9 Å². The van der Waals surface area contributed by atoms with E-state index in [1.807, 2.05) is 0 Å². The first-order valence-corrected chi connectivity index (χ1v) is 23.3. The highest BCUT2D eigenvalue weighted by atomic mass is 16.7. The minimum Gasteiger partial charge on any atom is -0.457 e. The number of carbonyl (C=O) groups is 1. The van der Waals surface area contributed by atoms with Gasteiger partial charge < -0.3 is 39.4 Å². The maximum Gasteiger partial charge on any atom is 0.306 e. The molecule has 1 heterocycles. The Morgan fingerprint density at radius 1 is 0.550 bits per heavy atom. The first-order valence-electron chi connectivity index (χ1n) is 23.3. The molecule has 0 radical (unpaired) electrons. The van der Waals surface area contributed by atoms with Crippen LogP contribution >= 0.6 is 0 Å². The van der Waals surface area contributed by atoms with Crippen molar-refractivity contribution in [1.82, 2.24) is 0 Å². The van der Waals surface area contributed by atoms with Gasteiger partial charge in [-0.2, -0.15) is 0 Å². The number of allylic oxidation sites excluding steroid dienone is 16. The lowest BCUT2D eigenvalue weighted by Crippen LogP contribution is -2.59. The van der Waals surface area contributed by atoms with Crippen LogP contribution in [0.2, 0.25) is 0 Å². The fourth-order valence-corrected chi connectivity index (χ4v) is 6.35. The molecule has 0 aromatic carbocycles. The lowest BCUT2D eigenvalue weighted by atomic mass is 9.99. The predicted octanol–water partition coefficient (Wildman–Crippen LogP) is 10.8. The van der Waals surface area contributed by atoms with E-state index >= 15 is 0 Å². The molecule has 0 spiro atoms. The largest absolute Gasteiger partial charge is 0.457 e. The molecule has 6 unspecified atom stereocenters. The van der Waals surface area contributed by atoms with Crippen molar-refractivity contribution >= 4 is 5.97 Å². The Bertz CT molecular complexity index is 1230. The summed E-state index contributed by atoms with van der Waals surface area (Å²) in [6, 6.07) is 0. The molecule has 1 fully saturated rings. The van der Waals surface area contributed by atoms with Gasteiger partial charge in [0.25, 0.3) is 0 Å². The van der Waals surface area contributed by atoms with Gasteiger partial charge in [-0.3, -0.25) is 4.79 Å². The van der Waals surface area contributed by atoms with Crippen molar-refractivity contribution in [3.63, 3.8) is 0 Å². The number of esters is 1. The zero-order chi connectivity index (χ0) is 43.6. The van der Waals surface area contributed by atoms with E-state index in [9.17, 15) is 25.2 Å². The molecule has 0 aliphatic carbocycles. The minimum atomic E-state index is -1.55. The third-order valence-corrected chi connectivity index (χ3v) is 9.97. The molecule has 1 saturated heterocycles. The molecule has 0 bridgehead atoms. The fraction of sp³-hybridized carbons (Fsp3) is 0.667. The van der Waals surface area contributed by atoms with Gasteiger partial charge in [0.05, 0.1) is 19.8 Å².